The molecule has 0 rings (SSSR count). The third-order valence-electron chi connectivity index (χ3n) is 2.70. The molecule has 0 spiro atoms. The maximum atomic E-state index is 11.6. The molecular weight excluding hydrogens is 250 g/mol. The van der Waals surface area contributed by atoms with Gasteiger partial charge in [-0.2, -0.15) is 0 Å². The van der Waals surface area contributed by atoms with Gasteiger partial charge < -0.3 is 5.11 Å². The number of hydrogen-bond donors (Lipinski definition) is 2. The van der Waals surface area contributed by atoms with Gasteiger partial charge in [-0.3, -0.25) is 0 Å². The minimum absolute atomic E-state index is 0.00000850. The minimum atomic E-state index is -3.34. The van der Waals surface area contributed by atoms with Crippen molar-refractivity contribution < 1.29 is 13.5 Å². The van der Waals surface area contributed by atoms with Crippen molar-refractivity contribution in [2.45, 2.75) is 39.2 Å². The summed E-state index contributed by atoms with van der Waals surface area (Å²) in [6, 6.07) is 0. The van der Waals surface area contributed by atoms with Gasteiger partial charge in [0, 0.05) is 12.4 Å². The van der Waals surface area contributed by atoms with Crippen LogP contribution in [-0.4, -0.2) is 37.3 Å². The van der Waals surface area contributed by atoms with E-state index in [9.17, 15) is 13.5 Å². The Morgan fingerprint density at radius 3 is 2.25 bits per heavy atom. The van der Waals surface area contributed by atoms with Crippen molar-refractivity contribution in [2.24, 2.45) is 5.92 Å². The molecular formula is C10H22ClNO3S. The maximum Gasteiger partial charge on any atom is 0.211 e. The lowest BCUT2D eigenvalue weighted by atomic mass is 9.98. The molecule has 0 bridgehead atoms. The molecule has 1 unspecified atom stereocenters. The topological polar surface area (TPSA) is 66.4 Å². The molecule has 0 aromatic rings. The normalized spacial score (nSPS) is 15.1. The zero-order chi connectivity index (χ0) is 12.8. The monoisotopic (exact) mass is 271 g/mol. The van der Waals surface area contributed by atoms with Crippen molar-refractivity contribution in [2.75, 3.05) is 18.2 Å². The van der Waals surface area contributed by atoms with E-state index < -0.39 is 15.6 Å². The fourth-order valence-corrected chi connectivity index (χ4v) is 2.93. The highest BCUT2D eigenvalue weighted by Gasteiger charge is 2.25. The third kappa shape index (κ3) is 6.03. The summed E-state index contributed by atoms with van der Waals surface area (Å²) >= 11 is 5.56. The van der Waals surface area contributed by atoms with Crippen LogP contribution in [-0.2, 0) is 10.0 Å². The summed E-state index contributed by atoms with van der Waals surface area (Å²) in [7, 11) is -3.34. The van der Waals surface area contributed by atoms with Gasteiger partial charge in [0.05, 0.1) is 11.4 Å². The highest BCUT2D eigenvalue weighted by atomic mass is 35.5. The van der Waals surface area contributed by atoms with Crippen LogP contribution in [0.5, 0.6) is 0 Å². The number of nitrogens with one attached hydrogen (secondary N) is 1. The van der Waals surface area contributed by atoms with E-state index in [-0.39, 0.29) is 18.2 Å². The molecule has 1 atom stereocenters. The van der Waals surface area contributed by atoms with E-state index in [4.69, 9.17) is 11.6 Å². The fourth-order valence-electron chi connectivity index (χ4n) is 1.22. The summed E-state index contributed by atoms with van der Waals surface area (Å²) in [6.07, 6.45) is 1.05. The van der Waals surface area contributed by atoms with Gasteiger partial charge >= 0.3 is 0 Å². The third-order valence-corrected chi connectivity index (χ3v) is 4.82. The molecule has 2 N–H and O–H groups in total. The van der Waals surface area contributed by atoms with Gasteiger partial charge in [-0.15, -0.1) is 11.6 Å². The molecule has 16 heavy (non-hydrogen) atoms. The van der Waals surface area contributed by atoms with Gasteiger partial charge in [0.1, 0.15) is 0 Å². The average molecular weight is 272 g/mol. The van der Waals surface area contributed by atoms with E-state index >= 15 is 0 Å². The molecule has 0 aliphatic carbocycles. The summed E-state index contributed by atoms with van der Waals surface area (Å²) < 4.78 is 25.6. The number of halogens is 1. The Labute approximate surface area is 103 Å². The van der Waals surface area contributed by atoms with Crippen LogP contribution in [0, 0.1) is 5.92 Å². The molecule has 0 amide bonds. The van der Waals surface area contributed by atoms with Gasteiger partial charge in [-0.25, -0.2) is 13.1 Å². The SMILES string of the molecule is CCC(O)(CC)CNS(=O)(=O)CC(C)CCl. The van der Waals surface area contributed by atoms with E-state index in [1.54, 1.807) is 6.92 Å². The first kappa shape index (κ1) is 16.2. The van der Waals surface area contributed by atoms with Crippen LogP contribution >= 0.6 is 11.6 Å². The van der Waals surface area contributed by atoms with Crippen molar-refractivity contribution in [3.05, 3.63) is 0 Å². The fraction of sp³-hybridized carbons (Fsp3) is 1.00. The van der Waals surface area contributed by atoms with Crippen LogP contribution in [0.1, 0.15) is 33.6 Å². The second-order valence-electron chi connectivity index (χ2n) is 4.29. The van der Waals surface area contributed by atoms with Crippen molar-refractivity contribution in [3.63, 3.8) is 0 Å². The lowest BCUT2D eigenvalue weighted by molar-refractivity contribution is 0.0377. The number of hydrogen-bond acceptors (Lipinski definition) is 3. The standard InChI is InChI=1S/C10H22ClNO3S/c1-4-10(13,5-2)8-12-16(14,15)7-9(3)6-11/h9,12-13H,4-8H2,1-3H3. The predicted molar refractivity (Wildman–Crippen MR) is 67.2 cm³/mol. The van der Waals surface area contributed by atoms with Crippen LogP contribution in [0.15, 0.2) is 0 Å². The number of sulfonamides is 1. The highest BCUT2D eigenvalue weighted by molar-refractivity contribution is 7.89. The molecule has 98 valence electrons. The Hall–Kier alpha value is 0.160. The Morgan fingerprint density at radius 2 is 1.88 bits per heavy atom. The molecule has 0 saturated carbocycles. The van der Waals surface area contributed by atoms with Crippen molar-refractivity contribution in [1.82, 2.24) is 4.72 Å². The second-order valence-corrected chi connectivity index (χ2v) is 6.45. The molecule has 0 fully saturated rings. The zero-order valence-electron chi connectivity index (χ0n) is 10.2. The Kier molecular flexibility index (Phi) is 6.86. The van der Waals surface area contributed by atoms with E-state index in [2.05, 4.69) is 4.72 Å². The molecule has 0 aliphatic rings. The number of aliphatic hydroxyl groups is 1. The van der Waals surface area contributed by atoms with Crippen LogP contribution in [0.4, 0.5) is 0 Å². The van der Waals surface area contributed by atoms with Gasteiger partial charge in [0.15, 0.2) is 0 Å². The van der Waals surface area contributed by atoms with E-state index in [1.165, 1.54) is 0 Å². The first-order valence-corrected chi connectivity index (χ1v) is 7.73. The smallest absolute Gasteiger partial charge is 0.211 e. The van der Waals surface area contributed by atoms with Crippen molar-refractivity contribution >= 4 is 21.6 Å². The number of alkyl halides is 1. The van der Waals surface area contributed by atoms with Crippen LogP contribution < -0.4 is 4.72 Å². The first-order chi connectivity index (χ1) is 7.28. The average Bonchev–Trinajstić information content (AvgIpc) is 2.25. The first-order valence-electron chi connectivity index (χ1n) is 5.54. The summed E-state index contributed by atoms with van der Waals surface area (Å²) in [5.74, 6) is 0.225. The quantitative estimate of drug-likeness (QED) is 0.655. The summed E-state index contributed by atoms with van der Waals surface area (Å²) in [5, 5.41) is 9.93. The Bertz CT molecular complexity index is 288. The predicted octanol–water partition coefficient (Wildman–Crippen LogP) is 1.33. The molecule has 0 aliphatic heterocycles. The van der Waals surface area contributed by atoms with E-state index in [0.717, 1.165) is 0 Å². The lowest BCUT2D eigenvalue weighted by Crippen LogP contribution is -2.43. The van der Waals surface area contributed by atoms with E-state index in [1.807, 2.05) is 13.8 Å². The van der Waals surface area contributed by atoms with Crippen LogP contribution in [0.2, 0.25) is 0 Å². The largest absolute Gasteiger partial charge is 0.389 e. The van der Waals surface area contributed by atoms with Crippen molar-refractivity contribution in [1.29, 1.82) is 0 Å². The van der Waals surface area contributed by atoms with Gasteiger partial charge in [0.2, 0.25) is 10.0 Å². The van der Waals surface area contributed by atoms with Gasteiger partial charge in [-0.1, -0.05) is 20.8 Å². The van der Waals surface area contributed by atoms with E-state index in [0.29, 0.717) is 18.7 Å². The van der Waals surface area contributed by atoms with Crippen LogP contribution in [0.25, 0.3) is 0 Å². The molecule has 4 nitrogen and oxygen atoms in total. The maximum absolute atomic E-state index is 11.6. The zero-order valence-corrected chi connectivity index (χ0v) is 11.7. The van der Waals surface area contributed by atoms with Crippen molar-refractivity contribution in [3.8, 4) is 0 Å². The molecule has 0 saturated heterocycles. The summed E-state index contributed by atoms with van der Waals surface area (Å²) in [4.78, 5) is 0. The molecule has 0 aromatic carbocycles. The highest BCUT2D eigenvalue weighted by Crippen LogP contribution is 2.13. The summed E-state index contributed by atoms with van der Waals surface area (Å²) in [6.45, 7) is 5.51. The van der Waals surface area contributed by atoms with Gasteiger partial charge in [0.25, 0.3) is 0 Å². The van der Waals surface area contributed by atoms with Gasteiger partial charge in [-0.05, 0) is 18.8 Å². The Morgan fingerprint density at radius 1 is 1.38 bits per heavy atom. The second kappa shape index (κ2) is 6.79. The minimum Gasteiger partial charge on any atom is -0.389 e. The number of rotatable bonds is 8. The lowest BCUT2D eigenvalue weighted by Gasteiger charge is -2.25. The molecule has 0 aromatic heterocycles. The summed E-state index contributed by atoms with van der Waals surface area (Å²) in [5.41, 5.74) is -0.947. The molecule has 0 radical (unpaired) electrons. The molecule has 0 heterocycles. The Balaban J connectivity index is 4.28. The van der Waals surface area contributed by atoms with Crippen LogP contribution in [0.3, 0.4) is 0 Å². The molecule has 6 heteroatoms.